The minimum Gasteiger partial charge on any atom is -0.495 e. The molecule has 1 aliphatic rings. The molecule has 0 bridgehead atoms. The fourth-order valence-corrected chi connectivity index (χ4v) is 3.79. The minimum absolute atomic E-state index is 0.499. The summed E-state index contributed by atoms with van der Waals surface area (Å²) in [6.45, 7) is 7.30. The van der Waals surface area contributed by atoms with Gasteiger partial charge in [0.05, 0.1) is 17.8 Å². The van der Waals surface area contributed by atoms with Gasteiger partial charge in [-0.15, -0.1) is 0 Å². The fourth-order valence-electron chi connectivity index (χ4n) is 3.55. The van der Waals surface area contributed by atoms with Gasteiger partial charge in [0.25, 0.3) is 0 Å². The highest BCUT2D eigenvalue weighted by Crippen LogP contribution is 2.33. The summed E-state index contributed by atoms with van der Waals surface area (Å²) in [6.07, 6.45) is 4.12. The van der Waals surface area contributed by atoms with Crippen LogP contribution in [0, 0.1) is 6.92 Å². The van der Waals surface area contributed by atoms with E-state index < -0.39 is 0 Å². The number of nitrogens with zero attached hydrogens (tertiary/aromatic N) is 3. The third kappa shape index (κ3) is 3.13. The van der Waals surface area contributed by atoms with E-state index in [9.17, 15) is 0 Å². The first-order valence-electron chi connectivity index (χ1n) is 8.87. The first-order valence-corrected chi connectivity index (χ1v) is 9.24. The fraction of sp³-hybridized carbons (Fsp3) is 0.350. The van der Waals surface area contributed by atoms with Crippen LogP contribution in [-0.4, -0.2) is 42.2 Å². The van der Waals surface area contributed by atoms with E-state index in [1.807, 2.05) is 25.3 Å². The van der Waals surface area contributed by atoms with Crippen LogP contribution in [0.1, 0.15) is 12.5 Å². The number of aromatic nitrogens is 2. The van der Waals surface area contributed by atoms with Crippen molar-refractivity contribution in [1.29, 1.82) is 0 Å². The van der Waals surface area contributed by atoms with Crippen molar-refractivity contribution in [3.63, 3.8) is 0 Å². The summed E-state index contributed by atoms with van der Waals surface area (Å²) in [5.74, 6) is 0.687. The average Bonchev–Trinajstić information content (AvgIpc) is 3.06. The lowest BCUT2D eigenvalue weighted by atomic mass is 10.1. The number of methoxy groups -OCH3 is 1. The maximum absolute atomic E-state index is 6.32. The van der Waals surface area contributed by atoms with Gasteiger partial charge in [-0.1, -0.05) is 11.6 Å². The molecule has 3 aromatic rings. The molecule has 0 spiro atoms. The number of nitrogens with one attached hydrogen (secondary N) is 1. The van der Waals surface area contributed by atoms with Gasteiger partial charge in [0.1, 0.15) is 11.4 Å². The van der Waals surface area contributed by atoms with Crippen molar-refractivity contribution in [1.82, 2.24) is 14.7 Å². The van der Waals surface area contributed by atoms with E-state index in [0.29, 0.717) is 16.8 Å². The van der Waals surface area contributed by atoms with Crippen molar-refractivity contribution in [3.05, 3.63) is 47.2 Å². The van der Waals surface area contributed by atoms with Crippen molar-refractivity contribution >= 4 is 22.9 Å². The molecule has 136 valence electrons. The molecule has 0 saturated carbocycles. The third-order valence-electron chi connectivity index (χ3n) is 4.95. The molecule has 1 unspecified atom stereocenters. The Kier molecular flexibility index (Phi) is 4.51. The number of piperazine rings is 1. The molecule has 0 amide bonds. The highest BCUT2D eigenvalue weighted by atomic mass is 35.5. The molecular formula is C20H23ClN4O. The largest absolute Gasteiger partial charge is 0.495 e. The van der Waals surface area contributed by atoms with Gasteiger partial charge in [-0.2, -0.15) is 0 Å². The second-order valence-electron chi connectivity index (χ2n) is 6.88. The number of anilines is 1. The van der Waals surface area contributed by atoms with E-state index in [1.165, 1.54) is 5.69 Å². The molecule has 5 nitrogen and oxygen atoms in total. The predicted molar refractivity (Wildman–Crippen MR) is 107 cm³/mol. The second-order valence-corrected chi connectivity index (χ2v) is 7.29. The van der Waals surface area contributed by atoms with Gasteiger partial charge in [-0.25, -0.2) is 4.98 Å². The zero-order valence-corrected chi connectivity index (χ0v) is 16.0. The van der Waals surface area contributed by atoms with Crippen molar-refractivity contribution in [2.24, 2.45) is 0 Å². The Labute approximate surface area is 158 Å². The Morgan fingerprint density at radius 3 is 2.92 bits per heavy atom. The van der Waals surface area contributed by atoms with Gasteiger partial charge < -0.3 is 19.4 Å². The molecule has 3 heterocycles. The van der Waals surface area contributed by atoms with Crippen LogP contribution in [0.5, 0.6) is 5.75 Å². The molecule has 1 fully saturated rings. The summed E-state index contributed by atoms with van der Waals surface area (Å²) < 4.78 is 7.36. The lowest BCUT2D eigenvalue weighted by Crippen LogP contribution is -2.49. The average molecular weight is 371 g/mol. The first-order chi connectivity index (χ1) is 12.5. The standard InChI is InChI=1S/C20H23ClN4O/c1-13-8-19(26-3)17(21)10-16(13)18-12-25-6-4-15(9-20(25)23-18)24-7-5-22-14(2)11-24/h4,6,8-10,12,14,22H,5,7,11H2,1-3H3. The van der Waals surface area contributed by atoms with Crippen LogP contribution in [0.3, 0.4) is 0 Å². The number of fused-ring (bicyclic) bond motifs is 1. The number of pyridine rings is 1. The van der Waals surface area contributed by atoms with Crippen LogP contribution >= 0.6 is 11.6 Å². The smallest absolute Gasteiger partial charge is 0.139 e. The molecule has 26 heavy (non-hydrogen) atoms. The number of hydrogen-bond donors (Lipinski definition) is 1. The van der Waals surface area contributed by atoms with Crippen LogP contribution in [0.25, 0.3) is 16.9 Å². The zero-order valence-electron chi connectivity index (χ0n) is 15.3. The SMILES string of the molecule is COc1cc(C)c(-c2cn3ccc(N4CCNC(C)C4)cc3n2)cc1Cl. The second kappa shape index (κ2) is 6.82. The molecule has 0 aliphatic carbocycles. The normalized spacial score (nSPS) is 17.7. The van der Waals surface area contributed by atoms with E-state index in [1.54, 1.807) is 7.11 Å². The molecule has 0 radical (unpaired) electrons. The van der Waals surface area contributed by atoms with Crippen molar-refractivity contribution in [3.8, 4) is 17.0 Å². The monoisotopic (exact) mass is 370 g/mol. The van der Waals surface area contributed by atoms with E-state index in [2.05, 4.69) is 39.9 Å². The van der Waals surface area contributed by atoms with E-state index in [4.69, 9.17) is 21.3 Å². The Morgan fingerprint density at radius 1 is 1.31 bits per heavy atom. The molecule has 1 N–H and O–H groups in total. The maximum atomic E-state index is 6.32. The molecule has 1 atom stereocenters. The number of halogens is 1. The van der Waals surface area contributed by atoms with E-state index >= 15 is 0 Å². The van der Waals surface area contributed by atoms with Crippen LogP contribution < -0.4 is 15.0 Å². The van der Waals surface area contributed by atoms with Gasteiger partial charge in [-0.3, -0.25) is 0 Å². The van der Waals surface area contributed by atoms with Gasteiger partial charge >= 0.3 is 0 Å². The van der Waals surface area contributed by atoms with Crippen LogP contribution in [0.15, 0.2) is 36.7 Å². The molecule has 2 aromatic heterocycles. The van der Waals surface area contributed by atoms with Gasteiger partial charge in [0.2, 0.25) is 0 Å². The summed E-state index contributed by atoms with van der Waals surface area (Å²) in [5, 5.41) is 4.08. The summed E-state index contributed by atoms with van der Waals surface area (Å²) in [5.41, 5.74) is 5.18. The van der Waals surface area contributed by atoms with Gasteiger partial charge in [0, 0.05) is 55.4 Å². The highest BCUT2D eigenvalue weighted by molar-refractivity contribution is 6.32. The lowest BCUT2D eigenvalue weighted by Gasteiger charge is -2.33. The van der Waals surface area contributed by atoms with Crippen LogP contribution in [0.4, 0.5) is 5.69 Å². The Bertz CT molecular complexity index is 952. The molecule has 1 saturated heterocycles. The van der Waals surface area contributed by atoms with Crippen LogP contribution in [-0.2, 0) is 0 Å². The highest BCUT2D eigenvalue weighted by Gasteiger charge is 2.17. The van der Waals surface area contributed by atoms with Gasteiger partial charge in [-0.05, 0) is 37.6 Å². The van der Waals surface area contributed by atoms with Crippen molar-refractivity contribution < 1.29 is 4.74 Å². The summed E-state index contributed by atoms with van der Waals surface area (Å²) in [6, 6.07) is 8.69. The maximum Gasteiger partial charge on any atom is 0.139 e. The van der Waals surface area contributed by atoms with Crippen molar-refractivity contribution in [2.75, 3.05) is 31.6 Å². The minimum atomic E-state index is 0.499. The number of benzene rings is 1. The Morgan fingerprint density at radius 2 is 2.15 bits per heavy atom. The third-order valence-corrected chi connectivity index (χ3v) is 5.25. The lowest BCUT2D eigenvalue weighted by molar-refractivity contribution is 0.415. The molecule has 4 rings (SSSR count). The Hall–Kier alpha value is -2.24. The molecule has 6 heteroatoms. The van der Waals surface area contributed by atoms with Crippen molar-refractivity contribution in [2.45, 2.75) is 19.9 Å². The number of imidazole rings is 1. The topological polar surface area (TPSA) is 41.8 Å². The number of rotatable bonds is 3. The van der Waals surface area contributed by atoms with Crippen LogP contribution in [0.2, 0.25) is 5.02 Å². The number of hydrogen-bond acceptors (Lipinski definition) is 4. The summed E-state index contributed by atoms with van der Waals surface area (Å²) in [4.78, 5) is 7.24. The van der Waals surface area contributed by atoms with E-state index in [0.717, 1.165) is 42.1 Å². The number of ether oxygens (including phenoxy) is 1. The molecule has 1 aromatic carbocycles. The predicted octanol–water partition coefficient (Wildman–Crippen LogP) is 3.77. The summed E-state index contributed by atoms with van der Waals surface area (Å²) >= 11 is 6.32. The Balaban J connectivity index is 1.71. The van der Waals surface area contributed by atoms with Gasteiger partial charge in [0.15, 0.2) is 0 Å². The zero-order chi connectivity index (χ0) is 18.3. The quantitative estimate of drug-likeness (QED) is 0.762. The molecule has 1 aliphatic heterocycles. The summed E-state index contributed by atoms with van der Waals surface area (Å²) in [7, 11) is 1.63. The first kappa shape index (κ1) is 17.2. The molecular weight excluding hydrogens is 348 g/mol. The number of aryl methyl sites for hydroxylation is 1. The van der Waals surface area contributed by atoms with E-state index in [-0.39, 0.29) is 0 Å².